The molecule has 0 aromatic heterocycles. The summed E-state index contributed by atoms with van der Waals surface area (Å²) in [5, 5.41) is 0. The highest BCUT2D eigenvalue weighted by Gasteiger charge is 2.29. The number of Topliss-reactive ketones (excluding diaryl/α,β-unsaturated/α-hetero) is 1. The highest BCUT2D eigenvalue weighted by molar-refractivity contribution is 6.00. The van der Waals surface area contributed by atoms with E-state index in [9.17, 15) is 4.79 Å². The Bertz CT molecular complexity index is 417. The van der Waals surface area contributed by atoms with Crippen LogP contribution in [0.25, 0.3) is 0 Å². The molecule has 3 nitrogen and oxygen atoms in total. The molecule has 0 saturated heterocycles. The molecule has 1 saturated carbocycles. The lowest BCUT2D eigenvalue weighted by atomic mass is 9.87. The van der Waals surface area contributed by atoms with Crippen LogP contribution < -0.4 is 10.5 Å². The van der Waals surface area contributed by atoms with Gasteiger partial charge in [0.25, 0.3) is 0 Å². The molecule has 0 amide bonds. The molecule has 3 heteroatoms. The molecule has 0 bridgehead atoms. The van der Waals surface area contributed by atoms with E-state index < -0.39 is 0 Å². The fraction of sp³-hybridized carbons (Fsp3) is 0.533. The number of para-hydroxylation sites is 1. The van der Waals surface area contributed by atoms with E-state index in [1.165, 1.54) is 6.42 Å². The van der Waals surface area contributed by atoms with Gasteiger partial charge in [-0.1, -0.05) is 31.4 Å². The van der Waals surface area contributed by atoms with E-state index in [2.05, 4.69) is 0 Å². The SMILES string of the molecule is COc1ccccc1C(=O)C1CCCCCC1N. The van der Waals surface area contributed by atoms with E-state index in [1.54, 1.807) is 7.11 Å². The number of nitrogens with two attached hydrogens (primary N) is 1. The number of hydrogen-bond donors (Lipinski definition) is 1. The van der Waals surface area contributed by atoms with Crippen molar-refractivity contribution in [2.45, 2.75) is 38.1 Å². The van der Waals surface area contributed by atoms with Crippen molar-refractivity contribution in [1.29, 1.82) is 0 Å². The number of carbonyl (C=O) groups is 1. The van der Waals surface area contributed by atoms with Gasteiger partial charge in [-0.15, -0.1) is 0 Å². The minimum absolute atomic E-state index is 0.00934. The quantitative estimate of drug-likeness (QED) is 0.660. The molecule has 1 fully saturated rings. The van der Waals surface area contributed by atoms with E-state index in [1.807, 2.05) is 24.3 Å². The second-order valence-electron chi connectivity index (χ2n) is 4.97. The lowest BCUT2D eigenvalue weighted by Gasteiger charge is -2.20. The van der Waals surface area contributed by atoms with E-state index in [0.717, 1.165) is 25.7 Å². The second kappa shape index (κ2) is 6.01. The van der Waals surface area contributed by atoms with Gasteiger partial charge < -0.3 is 10.5 Å². The van der Waals surface area contributed by atoms with Crippen LogP contribution in [0, 0.1) is 5.92 Å². The summed E-state index contributed by atoms with van der Waals surface area (Å²) < 4.78 is 5.26. The molecule has 2 N–H and O–H groups in total. The molecule has 1 aromatic rings. The van der Waals surface area contributed by atoms with Crippen molar-refractivity contribution >= 4 is 5.78 Å². The van der Waals surface area contributed by atoms with E-state index in [-0.39, 0.29) is 17.7 Å². The summed E-state index contributed by atoms with van der Waals surface area (Å²) in [6.45, 7) is 0. The number of rotatable bonds is 3. The lowest BCUT2D eigenvalue weighted by molar-refractivity contribution is 0.0891. The zero-order chi connectivity index (χ0) is 13.0. The Labute approximate surface area is 108 Å². The minimum Gasteiger partial charge on any atom is -0.496 e. The fourth-order valence-electron chi connectivity index (χ4n) is 2.71. The Hall–Kier alpha value is -1.35. The topological polar surface area (TPSA) is 52.3 Å². The molecule has 0 aliphatic heterocycles. The summed E-state index contributed by atoms with van der Waals surface area (Å²) in [4.78, 5) is 12.6. The van der Waals surface area contributed by atoms with Gasteiger partial charge in [0.2, 0.25) is 0 Å². The van der Waals surface area contributed by atoms with Gasteiger partial charge in [0.1, 0.15) is 5.75 Å². The van der Waals surface area contributed by atoms with Crippen molar-refractivity contribution in [2.24, 2.45) is 11.7 Å². The monoisotopic (exact) mass is 247 g/mol. The van der Waals surface area contributed by atoms with Crippen LogP contribution in [-0.2, 0) is 0 Å². The van der Waals surface area contributed by atoms with Crippen molar-refractivity contribution in [3.05, 3.63) is 29.8 Å². The third-order valence-electron chi connectivity index (χ3n) is 3.78. The van der Waals surface area contributed by atoms with Crippen LogP contribution in [-0.4, -0.2) is 18.9 Å². The van der Waals surface area contributed by atoms with Crippen LogP contribution in [0.2, 0.25) is 0 Å². The first-order chi connectivity index (χ1) is 8.74. The third kappa shape index (κ3) is 2.72. The van der Waals surface area contributed by atoms with Crippen molar-refractivity contribution in [3.8, 4) is 5.75 Å². The molecule has 0 heterocycles. The molecule has 1 aromatic carbocycles. The van der Waals surface area contributed by atoms with Crippen molar-refractivity contribution in [1.82, 2.24) is 0 Å². The molecule has 0 spiro atoms. The maximum Gasteiger partial charge on any atom is 0.171 e. The summed E-state index contributed by atoms with van der Waals surface area (Å²) in [5.41, 5.74) is 6.82. The molecule has 0 radical (unpaired) electrons. The first kappa shape index (κ1) is 13.1. The fourth-order valence-corrected chi connectivity index (χ4v) is 2.71. The normalized spacial score (nSPS) is 24.3. The predicted octanol–water partition coefficient (Wildman–Crippen LogP) is 2.79. The summed E-state index contributed by atoms with van der Waals surface area (Å²) in [6.07, 6.45) is 5.27. The smallest absolute Gasteiger partial charge is 0.171 e. The zero-order valence-corrected chi connectivity index (χ0v) is 10.9. The Morgan fingerprint density at radius 3 is 2.72 bits per heavy atom. The number of ether oxygens (including phenoxy) is 1. The van der Waals surface area contributed by atoms with Gasteiger partial charge >= 0.3 is 0 Å². The second-order valence-corrected chi connectivity index (χ2v) is 4.97. The van der Waals surface area contributed by atoms with Gasteiger partial charge in [0.05, 0.1) is 12.7 Å². The Balaban J connectivity index is 2.23. The summed E-state index contributed by atoms with van der Waals surface area (Å²) in [6, 6.07) is 7.40. The number of hydrogen-bond acceptors (Lipinski definition) is 3. The summed E-state index contributed by atoms with van der Waals surface area (Å²) in [7, 11) is 1.60. The standard InChI is InChI=1S/C15H21NO2/c1-18-14-10-6-5-8-12(14)15(17)11-7-3-2-4-9-13(11)16/h5-6,8,10-11,13H,2-4,7,9,16H2,1H3. The first-order valence-corrected chi connectivity index (χ1v) is 6.67. The molecular formula is C15H21NO2. The van der Waals surface area contributed by atoms with Crippen molar-refractivity contribution < 1.29 is 9.53 Å². The number of carbonyl (C=O) groups excluding carboxylic acids is 1. The molecule has 98 valence electrons. The molecule has 1 aliphatic carbocycles. The maximum atomic E-state index is 12.6. The summed E-state index contributed by atoms with van der Waals surface area (Å²) >= 11 is 0. The van der Waals surface area contributed by atoms with E-state index in [4.69, 9.17) is 10.5 Å². The van der Waals surface area contributed by atoms with Crippen LogP contribution in [0.1, 0.15) is 42.5 Å². The number of methoxy groups -OCH3 is 1. The number of benzene rings is 1. The molecule has 2 rings (SSSR count). The average molecular weight is 247 g/mol. The highest BCUT2D eigenvalue weighted by Crippen LogP contribution is 2.28. The Kier molecular flexibility index (Phi) is 4.37. The third-order valence-corrected chi connectivity index (χ3v) is 3.78. The van der Waals surface area contributed by atoms with Crippen molar-refractivity contribution in [2.75, 3.05) is 7.11 Å². The zero-order valence-electron chi connectivity index (χ0n) is 10.9. The van der Waals surface area contributed by atoms with E-state index >= 15 is 0 Å². The molecule has 1 aliphatic rings. The van der Waals surface area contributed by atoms with Crippen LogP contribution in [0.4, 0.5) is 0 Å². The van der Waals surface area contributed by atoms with Crippen LogP contribution in [0.15, 0.2) is 24.3 Å². The van der Waals surface area contributed by atoms with Crippen LogP contribution in [0.5, 0.6) is 5.75 Å². The lowest BCUT2D eigenvalue weighted by Crippen LogP contribution is -2.34. The summed E-state index contributed by atoms with van der Waals surface area (Å²) in [5.74, 6) is 0.740. The van der Waals surface area contributed by atoms with Gasteiger partial charge in [-0.3, -0.25) is 4.79 Å². The van der Waals surface area contributed by atoms with Gasteiger partial charge in [0.15, 0.2) is 5.78 Å². The minimum atomic E-state index is -0.0520. The molecule has 2 unspecified atom stereocenters. The van der Waals surface area contributed by atoms with Gasteiger partial charge in [-0.05, 0) is 25.0 Å². The van der Waals surface area contributed by atoms with Crippen LogP contribution >= 0.6 is 0 Å². The highest BCUT2D eigenvalue weighted by atomic mass is 16.5. The largest absolute Gasteiger partial charge is 0.496 e. The Morgan fingerprint density at radius 1 is 1.22 bits per heavy atom. The predicted molar refractivity (Wildman–Crippen MR) is 71.9 cm³/mol. The van der Waals surface area contributed by atoms with Gasteiger partial charge in [-0.2, -0.15) is 0 Å². The molecule has 2 atom stereocenters. The average Bonchev–Trinajstić information content (AvgIpc) is 2.62. The van der Waals surface area contributed by atoms with Gasteiger partial charge in [0, 0.05) is 12.0 Å². The van der Waals surface area contributed by atoms with Gasteiger partial charge in [-0.25, -0.2) is 0 Å². The van der Waals surface area contributed by atoms with Crippen molar-refractivity contribution in [3.63, 3.8) is 0 Å². The molecule has 18 heavy (non-hydrogen) atoms. The maximum absolute atomic E-state index is 12.6. The molecular weight excluding hydrogens is 226 g/mol. The number of ketones is 1. The Morgan fingerprint density at radius 2 is 1.94 bits per heavy atom. The first-order valence-electron chi connectivity index (χ1n) is 6.67. The van der Waals surface area contributed by atoms with Crippen LogP contribution in [0.3, 0.4) is 0 Å². The van der Waals surface area contributed by atoms with E-state index in [0.29, 0.717) is 11.3 Å².